The number of carbonyl (C=O) groups is 3. The predicted octanol–water partition coefficient (Wildman–Crippen LogP) is 3.73. The van der Waals surface area contributed by atoms with Gasteiger partial charge in [-0.2, -0.15) is 0 Å². The topological polar surface area (TPSA) is 76.1 Å². The minimum Gasteiger partial charge on any atom is -0.464 e. The highest BCUT2D eigenvalue weighted by Crippen LogP contribution is 2.46. The Balaban J connectivity index is 1.45. The molecule has 8 heteroatoms. The molecule has 164 valence electrons. The third-order valence-corrected chi connectivity index (χ3v) is 7.27. The number of hydrogen-bond donors (Lipinski definition) is 0. The highest BCUT2D eigenvalue weighted by atomic mass is 32.2. The second kappa shape index (κ2) is 8.35. The summed E-state index contributed by atoms with van der Waals surface area (Å²) in [4.78, 5) is 43.5. The number of benzene rings is 2. The highest BCUT2D eigenvalue weighted by molar-refractivity contribution is 8.03. The van der Waals surface area contributed by atoms with E-state index in [9.17, 15) is 14.4 Å². The van der Waals surface area contributed by atoms with Crippen LogP contribution in [0.2, 0.25) is 0 Å². The Kier molecular flexibility index (Phi) is 5.38. The summed E-state index contributed by atoms with van der Waals surface area (Å²) in [5.74, 6) is -0.815. The van der Waals surface area contributed by atoms with Gasteiger partial charge in [-0.1, -0.05) is 60.3 Å². The van der Waals surface area contributed by atoms with Gasteiger partial charge in [-0.05, 0) is 30.5 Å². The predicted molar refractivity (Wildman–Crippen MR) is 117 cm³/mol. The molecule has 3 atom stereocenters. The minimum absolute atomic E-state index is 0.203. The van der Waals surface area contributed by atoms with Gasteiger partial charge in [-0.15, -0.1) is 0 Å². The number of hydrogen-bond acceptors (Lipinski definition) is 6. The zero-order valence-corrected chi connectivity index (χ0v) is 18.3. The fraction of sp³-hybridized carbons (Fsp3) is 0.292. The van der Waals surface area contributed by atoms with Crippen molar-refractivity contribution in [2.24, 2.45) is 0 Å². The molecule has 32 heavy (non-hydrogen) atoms. The molecule has 0 N–H and O–H groups in total. The standard InChI is InChI=1S/C24H22N2O5S/c1-30-23(28)21-19(32-16-10-6-3-7-11-16)13-12-17-20(22(27)25(17)21)26-18(14-31-24(26)29)15-8-4-2-5-9-15/h2-11,17-18,20H,12-14H2,1H3. The summed E-state index contributed by atoms with van der Waals surface area (Å²) in [5, 5.41) is 0. The van der Waals surface area contributed by atoms with Crippen LogP contribution in [0.25, 0.3) is 0 Å². The van der Waals surface area contributed by atoms with Gasteiger partial charge in [0.2, 0.25) is 0 Å². The Morgan fingerprint density at radius 1 is 1.06 bits per heavy atom. The molecule has 2 fully saturated rings. The van der Waals surface area contributed by atoms with E-state index in [-0.39, 0.29) is 30.3 Å². The number of esters is 1. The van der Waals surface area contributed by atoms with E-state index in [1.54, 1.807) is 4.90 Å². The van der Waals surface area contributed by atoms with Crippen LogP contribution in [-0.4, -0.2) is 53.6 Å². The Morgan fingerprint density at radius 3 is 2.44 bits per heavy atom. The van der Waals surface area contributed by atoms with E-state index in [0.717, 1.165) is 15.4 Å². The summed E-state index contributed by atoms with van der Waals surface area (Å²) in [6, 6.07) is 18.0. The number of amides is 2. The number of rotatable bonds is 5. The van der Waals surface area contributed by atoms with E-state index in [1.165, 1.54) is 23.8 Å². The molecule has 3 aliphatic heterocycles. The highest BCUT2D eigenvalue weighted by Gasteiger charge is 2.59. The summed E-state index contributed by atoms with van der Waals surface area (Å²) in [7, 11) is 1.31. The molecule has 2 aromatic carbocycles. The van der Waals surface area contributed by atoms with E-state index >= 15 is 0 Å². The fourth-order valence-electron chi connectivity index (χ4n) is 4.64. The van der Waals surface area contributed by atoms with Crippen molar-refractivity contribution in [1.82, 2.24) is 9.80 Å². The smallest absolute Gasteiger partial charge is 0.411 e. The summed E-state index contributed by atoms with van der Waals surface area (Å²) in [6.45, 7) is 0.203. The number of methoxy groups -OCH3 is 1. The minimum atomic E-state index is -0.655. The lowest BCUT2D eigenvalue weighted by Gasteiger charge is -2.53. The number of ether oxygens (including phenoxy) is 2. The molecule has 2 saturated heterocycles. The first-order valence-electron chi connectivity index (χ1n) is 10.5. The summed E-state index contributed by atoms with van der Waals surface area (Å²) >= 11 is 1.47. The second-order valence-electron chi connectivity index (χ2n) is 7.85. The van der Waals surface area contributed by atoms with Crippen molar-refractivity contribution in [1.29, 1.82) is 0 Å². The van der Waals surface area contributed by atoms with Crippen LogP contribution in [-0.2, 0) is 19.1 Å². The molecule has 7 nitrogen and oxygen atoms in total. The second-order valence-corrected chi connectivity index (χ2v) is 9.02. The normalized spacial score (nSPS) is 24.7. The number of fused-ring (bicyclic) bond motifs is 1. The van der Waals surface area contributed by atoms with E-state index < -0.39 is 18.1 Å². The molecular weight excluding hydrogens is 428 g/mol. The SMILES string of the molecule is COC(=O)C1=C(Sc2ccccc2)CCC2C(N3C(=O)OCC3c3ccccc3)C(=O)N12. The molecule has 0 aliphatic carbocycles. The van der Waals surface area contributed by atoms with Gasteiger partial charge in [0.1, 0.15) is 18.3 Å². The van der Waals surface area contributed by atoms with Crippen LogP contribution in [0, 0.1) is 0 Å². The molecule has 0 saturated carbocycles. The van der Waals surface area contributed by atoms with Crippen LogP contribution in [0.1, 0.15) is 24.4 Å². The molecule has 0 radical (unpaired) electrons. The van der Waals surface area contributed by atoms with Crippen molar-refractivity contribution in [3.63, 3.8) is 0 Å². The molecule has 3 heterocycles. The number of allylic oxidation sites excluding steroid dienone is 1. The first kappa shape index (κ1) is 20.6. The molecule has 5 rings (SSSR count). The lowest BCUT2D eigenvalue weighted by molar-refractivity contribution is -0.160. The zero-order valence-electron chi connectivity index (χ0n) is 17.5. The zero-order chi connectivity index (χ0) is 22.2. The number of nitrogens with zero attached hydrogens (tertiary/aromatic N) is 2. The van der Waals surface area contributed by atoms with E-state index in [2.05, 4.69) is 0 Å². The van der Waals surface area contributed by atoms with Crippen LogP contribution in [0.15, 0.2) is 76.2 Å². The van der Waals surface area contributed by atoms with Gasteiger partial charge in [-0.3, -0.25) is 14.6 Å². The average Bonchev–Trinajstić information content (AvgIpc) is 3.20. The van der Waals surface area contributed by atoms with Crippen molar-refractivity contribution in [2.45, 2.75) is 35.9 Å². The maximum absolute atomic E-state index is 13.4. The lowest BCUT2D eigenvalue weighted by Crippen LogP contribution is -2.72. The molecule has 2 amide bonds. The Bertz CT molecular complexity index is 1090. The first-order chi connectivity index (χ1) is 15.6. The van der Waals surface area contributed by atoms with E-state index in [0.29, 0.717) is 12.8 Å². The summed E-state index contributed by atoms with van der Waals surface area (Å²) in [6.07, 6.45) is 0.774. The average molecular weight is 451 g/mol. The van der Waals surface area contributed by atoms with Crippen molar-refractivity contribution in [3.05, 3.63) is 76.8 Å². The summed E-state index contributed by atoms with van der Waals surface area (Å²) in [5.41, 5.74) is 1.20. The molecular formula is C24H22N2O5S. The van der Waals surface area contributed by atoms with Crippen LogP contribution in [0.5, 0.6) is 0 Å². The van der Waals surface area contributed by atoms with Gasteiger partial charge >= 0.3 is 12.1 Å². The number of β-lactam (4-membered cyclic amide) rings is 1. The van der Waals surface area contributed by atoms with Gasteiger partial charge in [-0.25, -0.2) is 9.59 Å². The molecule has 0 aromatic heterocycles. The maximum atomic E-state index is 13.4. The molecule has 0 bridgehead atoms. The molecule has 0 spiro atoms. The van der Waals surface area contributed by atoms with Gasteiger partial charge in [0.05, 0.1) is 19.2 Å². The Labute approximate surface area is 190 Å². The van der Waals surface area contributed by atoms with Gasteiger partial charge in [0.25, 0.3) is 5.91 Å². The fourth-order valence-corrected chi connectivity index (χ4v) is 5.72. The van der Waals surface area contributed by atoms with Crippen LogP contribution in [0.4, 0.5) is 4.79 Å². The maximum Gasteiger partial charge on any atom is 0.411 e. The largest absolute Gasteiger partial charge is 0.464 e. The quantitative estimate of drug-likeness (QED) is 0.510. The van der Waals surface area contributed by atoms with Gasteiger partial charge in [0, 0.05) is 9.80 Å². The molecule has 2 aromatic rings. The van der Waals surface area contributed by atoms with Gasteiger partial charge in [0.15, 0.2) is 0 Å². The third kappa shape index (κ3) is 3.35. The third-order valence-electron chi connectivity index (χ3n) is 6.12. The van der Waals surface area contributed by atoms with Crippen molar-refractivity contribution >= 4 is 29.7 Å². The summed E-state index contributed by atoms with van der Waals surface area (Å²) < 4.78 is 10.3. The van der Waals surface area contributed by atoms with Crippen molar-refractivity contribution in [2.75, 3.05) is 13.7 Å². The van der Waals surface area contributed by atoms with Crippen LogP contribution >= 0.6 is 11.8 Å². The number of carbonyl (C=O) groups excluding carboxylic acids is 3. The molecule has 3 unspecified atom stereocenters. The van der Waals surface area contributed by atoms with Gasteiger partial charge < -0.3 is 9.47 Å². The first-order valence-corrected chi connectivity index (χ1v) is 11.3. The van der Waals surface area contributed by atoms with Crippen LogP contribution in [0.3, 0.4) is 0 Å². The lowest BCUT2D eigenvalue weighted by atomic mass is 9.84. The van der Waals surface area contributed by atoms with Crippen molar-refractivity contribution in [3.8, 4) is 0 Å². The monoisotopic (exact) mass is 450 g/mol. The number of thioether (sulfide) groups is 1. The van der Waals surface area contributed by atoms with Crippen LogP contribution < -0.4 is 0 Å². The van der Waals surface area contributed by atoms with E-state index in [4.69, 9.17) is 9.47 Å². The van der Waals surface area contributed by atoms with E-state index in [1.807, 2.05) is 60.7 Å². The van der Waals surface area contributed by atoms with Crippen molar-refractivity contribution < 1.29 is 23.9 Å². The number of cyclic esters (lactones) is 1. The molecule has 3 aliphatic rings. The Hall–Kier alpha value is -3.26. The Morgan fingerprint density at radius 2 is 1.75 bits per heavy atom.